The maximum absolute atomic E-state index is 9.75. The summed E-state index contributed by atoms with van der Waals surface area (Å²) >= 11 is 0. The van der Waals surface area contributed by atoms with Crippen molar-refractivity contribution in [1.82, 2.24) is 5.32 Å². The molecule has 2 aliphatic heterocycles. The number of nitrogens with one attached hydrogen (secondary N) is 1. The van der Waals surface area contributed by atoms with Gasteiger partial charge in [-0.2, -0.15) is 0 Å². The van der Waals surface area contributed by atoms with Crippen molar-refractivity contribution in [3.05, 3.63) is 0 Å². The minimum Gasteiger partial charge on any atom is -0.396 e. The Morgan fingerprint density at radius 2 is 1.88 bits per heavy atom. The van der Waals surface area contributed by atoms with Crippen molar-refractivity contribution < 1.29 is 24.8 Å². The van der Waals surface area contributed by atoms with Crippen LogP contribution in [0.1, 0.15) is 6.42 Å². The lowest BCUT2D eigenvalue weighted by Crippen LogP contribution is -2.58. The van der Waals surface area contributed by atoms with Gasteiger partial charge >= 0.3 is 0 Å². The predicted molar refractivity (Wildman–Crippen MR) is 54.7 cm³/mol. The summed E-state index contributed by atoms with van der Waals surface area (Å²) in [4.78, 5) is 0. The first-order valence-corrected chi connectivity index (χ1v) is 5.66. The SMILES string of the molecule is OCC1C(CC2OCCO2)NCC(O)C1O. The summed E-state index contributed by atoms with van der Waals surface area (Å²) < 4.78 is 10.6. The molecule has 0 spiro atoms. The summed E-state index contributed by atoms with van der Waals surface area (Å²) in [5, 5.41) is 31.5. The molecule has 2 rings (SSSR count). The van der Waals surface area contributed by atoms with Crippen molar-refractivity contribution in [2.75, 3.05) is 26.4 Å². The third-order valence-electron chi connectivity index (χ3n) is 3.29. The summed E-state index contributed by atoms with van der Waals surface area (Å²) in [7, 11) is 0. The van der Waals surface area contributed by atoms with E-state index >= 15 is 0 Å². The second-order valence-corrected chi connectivity index (χ2v) is 4.33. The lowest BCUT2D eigenvalue weighted by Gasteiger charge is -2.39. The van der Waals surface area contributed by atoms with Crippen LogP contribution in [-0.2, 0) is 9.47 Å². The highest BCUT2D eigenvalue weighted by Gasteiger charge is 2.38. The molecule has 4 atom stereocenters. The number of β-amino-alcohol motifs (C(OH)–C–C–N with tert-alkyl or cyclic N) is 1. The van der Waals surface area contributed by atoms with Crippen molar-refractivity contribution in [3.63, 3.8) is 0 Å². The highest BCUT2D eigenvalue weighted by Crippen LogP contribution is 2.23. The van der Waals surface area contributed by atoms with Crippen LogP contribution in [0.15, 0.2) is 0 Å². The minimum atomic E-state index is -0.891. The molecule has 16 heavy (non-hydrogen) atoms. The smallest absolute Gasteiger partial charge is 0.159 e. The number of rotatable bonds is 3. The molecule has 0 aromatic carbocycles. The van der Waals surface area contributed by atoms with Crippen molar-refractivity contribution in [3.8, 4) is 0 Å². The zero-order valence-corrected chi connectivity index (χ0v) is 9.08. The lowest BCUT2D eigenvalue weighted by atomic mass is 9.85. The molecular weight excluding hydrogens is 214 g/mol. The molecule has 4 N–H and O–H groups in total. The molecule has 2 heterocycles. The second-order valence-electron chi connectivity index (χ2n) is 4.33. The van der Waals surface area contributed by atoms with Gasteiger partial charge in [-0.25, -0.2) is 0 Å². The monoisotopic (exact) mass is 233 g/mol. The number of aliphatic hydroxyl groups excluding tert-OH is 3. The van der Waals surface area contributed by atoms with Gasteiger partial charge in [-0.3, -0.25) is 0 Å². The van der Waals surface area contributed by atoms with E-state index in [9.17, 15) is 15.3 Å². The highest BCUT2D eigenvalue weighted by atomic mass is 16.7. The molecule has 0 amide bonds. The number of piperidine rings is 1. The van der Waals surface area contributed by atoms with Gasteiger partial charge in [0.2, 0.25) is 0 Å². The minimum absolute atomic E-state index is 0.0912. The van der Waals surface area contributed by atoms with Crippen LogP contribution in [0.4, 0.5) is 0 Å². The highest BCUT2D eigenvalue weighted by molar-refractivity contribution is 4.92. The zero-order valence-electron chi connectivity index (χ0n) is 9.08. The van der Waals surface area contributed by atoms with Gasteiger partial charge in [0, 0.05) is 31.5 Å². The normalized spacial score (nSPS) is 41.4. The Hall–Kier alpha value is -0.240. The van der Waals surface area contributed by atoms with E-state index in [0.717, 1.165) is 0 Å². The first-order chi connectivity index (χ1) is 7.72. The topological polar surface area (TPSA) is 91.2 Å². The quantitative estimate of drug-likeness (QED) is 0.453. The molecule has 6 heteroatoms. The molecule has 0 aromatic rings. The van der Waals surface area contributed by atoms with Gasteiger partial charge in [-0.1, -0.05) is 0 Å². The average molecular weight is 233 g/mol. The van der Waals surface area contributed by atoms with E-state index < -0.39 is 12.2 Å². The summed E-state index contributed by atoms with van der Waals surface area (Å²) in [6.07, 6.45) is -1.40. The number of ether oxygens (including phenoxy) is 2. The molecule has 94 valence electrons. The van der Waals surface area contributed by atoms with Crippen LogP contribution in [0.5, 0.6) is 0 Å². The molecule has 0 bridgehead atoms. The van der Waals surface area contributed by atoms with E-state index in [1.54, 1.807) is 0 Å². The fourth-order valence-corrected chi connectivity index (χ4v) is 2.31. The fraction of sp³-hybridized carbons (Fsp3) is 1.00. The van der Waals surface area contributed by atoms with Gasteiger partial charge in [0.05, 0.1) is 25.4 Å². The maximum Gasteiger partial charge on any atom is 0.159 e. The first-order valence-electron chi connectivity index (χ1n) is 5.66. The molecule has 6 nitrogen and oxygen atoms in total. The lowest BCUT2D eigenvalue weighted by molar-refractivity contribution is -0.0971. The summed E-state index contributed by atoms with van der Waals surface area (Å²) in [5.41, 5.74) is 0. The van der Waals surface area contributed by atoms with Crippen LogP contribution in [0.2, 0.25) is 0 Å². The van der Waals surface area contributed by atoms with Crippen molar-refractivity contribution in [2.45, 2.75) is 31.0 Å². The number of aliphatic hydroxyl groups is 3. The molecule has 2 aliphatic rings. The van der Waals surface area contributed by atoms with Crippen molar-refractivity contribution in [1.29, 1.82) is 0 Å². The van der Waals surface area contributed by atoms with Gasteiger partial charge in [0.1, 0.15) is 0 Å². The molecular formula is C10H19NO5. The maximum atomic E-state index is 9.75. The van der Waals surface area contributed by atoms with Crippen molar-refractivity contribution >= 4 is 0 Å². The predicted octanol–water partition coefficient (Wildman–Crippen LogP) is -1.95. The third-order valence-corrected chi connectivity index (χ3v) is 3.29. The van der Waals surface area contributed by atoms with E-state index in [4.69, 9.17) is 9.47 Å². The van der Waals surface area contributed by atoms with E-state index in [1.807, 2.05) is 0 Å². The molecule has 0 aliphatic carbocycles. The Balaban J connectivity index is 1.91. The summed E-state index contributed by atoms with van der Waals surface area (Å²) in [5.74, 6) is -0.378. The molecule has 0 saturated carbocycles. The molecule has 2 saturated heterocycles. The van der Waals surface area contributed by atoms with Gasteiger partial charge < -0.3 is 30.1 Å². The summed E-state index contributed by atoms with van der Waals surface area (Å²) in [6, 6.07) is -0.0912. The molecule has 0 radical (unpaired) electrons. The van der Waals surface area contributed by atoms with Gasteiger partial charge in [-0.05, 0) is 0 Å². The standard InChI is InChI=1S/C10H19NO5/c12-5-6-7(3-9-15-1-2-16-9)11-4-8(13)10(6)14/h6-14H,1-5H2. The van der Waals surface area contributed by atoms with Crippen LogP contribution in [0.3, 0.4) is 0 Å². The third kappa shape index (κ3) is 2.53. The second kappa shape index (κ2) is 5.39. The Bertz CT molecular complexity index is 221. The van der Waals surface area contributed by atoms with Crippen LogP contribution in [0, 0.1) is 5.92 Å². The Morgan fingerprint density at radius 3 is 2.50 bits per heavy atom. The van der Waals surface area contributed by atoms with E-state index in [2.05, 4.69) is 5.32 Å². The van der Waals surface area contributed by atoms with E-state index in [1.165, 1.54) is 0 Å². The number of hydrogen-bond donors (Lipinski definition) is 4. The zero-order chi connectivity index (χ0) is 11.5. The average Bonchev–Trinajstić information content (AvgIpc) is 2.77. The van der Waals surface area contributed by atoms with Crippen molar-refractivity contribution in [2.24, 2.45) is 5.92 Å². The van der Waals surface area contributed by atoms with E-state index in [0.29, 0.717) is 26.2 Å². The van der Waals surface area contributed by atoms with Crippen LogP contribution < -0.4 is 5.32 Å². The van der Waals surface area contributed by atoms with Crippen LogP contribution in [-0.4, -0.2) is 66.2 Å². The van der Waals surface area contributed by atoms with E-state index in [-0.39, 0.29) is 24.9 Å². The Labute approximate surface area is 94.2 Å². The molecule has 4 unspecified atom stereocenters. The fourth-order valence-electron chi connectivity index (χ4n) is 2.31. The van der Waals surface area contributed by atoms with Gasteiger partial charge in [0.25, 0.3) is 0 Å². The van der Waals surface area contributed by atoms with Crippen LogP contribution in [0.25, 0.3) is 0 Å². The first kappa shape index (κ1) is 12.2. The Kier molecular flexibility index (Phi) is 4.12. The summed E-state index contributed by atoms with van der Waals surface area (Å²) in [6.45, 7) is 1.34. The van der Waals surface area contributed by atoms with Crippen LogP contribution >= 0.6 is 0 Å². The largest absolute Gasteiger partial charge is 0.396 e. The molecule has 0 aromatic heterocycles. The molecule has 2 fully saturated rings. The van der Waals surface area contributed by atoms with Gasteiger partial charge in [-0.15, -0.1) is 0 Å². The Morgan fingerprint density at radius 1 is 1.19 bits per heavy atom. The van der Waals surface area contributed by atoms with Gasteiger partial charge in [0.15, 0.2) is 6.29 Å². The number of hydrogen-bond acceptors (Lipinski definition) is 6.